The van der Waals surface area contributed by atoms with Gasteiger partial charge in [-0.2, -0.15) is 10.2 Å². The highest BCUT2D eigenvalue weighted by Gasteiger charge is 2.10. The van der Waals surface area contributed by atoms with E-state index in [0.717, 1.165) is 11.3 Å². The van der Waals surface area contributed by atoms with E-state index in [2.05, 4.69) is 16.8 Å². The molecule has 0 fully saturated rings. The van der Waals surface area contributed by atoms with Crippen LogP contribution in [0.4, 0.5) is 0 Å². The van der Waals surface area contributed by atoms with Gasteiger partial charge in [-0.3, -0.25) is 4.79 Å². The minimum absolute atomic E-state index is 0.0630. The molecule has 0 aliphatic rings. The fourth-order valence-electron chi connectivity index (χ4n) is 1.20. The summed E-state index contributed by atoms with van der Waals surface area (Å²) >= 11 is 0. The summed E-state index contributed by atoms with van der Waals surface area (Å²) in [4.78, 5) is 11.7. The van der Waals surface area contributed by atoms with Gasteiger partial charge in [0.25, 0.3) is 0 Å². The molecule has 74 valence electrons. The third kappa shape index (κ3) is 2.49. The van der Waals surface area contributed by atoms with E-state index in [9.17, 15) is 4.79 Å². The molecule has 0 saturated carbocycles. The van der Waals surface area contributed by atoms with Gasteiger partial charge >= 0.3 is 0 Å². The second-order valence-electron chi connectivity index (χ2n) is 3.54. The minimum Gasteiger partial charge on any atom is -0.294 e. The molecule has 0 unspecified atom stereocenters. The summed E-state index contributed by atoms with van der Waals surface area (Å²) in [7, 11) is 0. The van der Waals surface area contributed by atoms with Crippen LogP contribution in [0.25, 0.3) is 0 Å². The predicted octanol–water partition coefficient (Wildman–Crippen LogP) is 2.24. The molecule has 14 heavy (non-hydrogen) atoms. The molecule has 0 amide bonds. The molecule has 0 bridgehead atoms. The molecule has 0 radical (unpaired) electrons. The monoisotopic (exact) mass is 190 g/mol. The number of rotatable bonds is 3. The van der Waals surface area contributed by atoms with Crippen molar-refractivity contribution in [2.45, 2.75) is 27.2 Å². The van der Waals surface area contributed by atoms with Crippen LogP contribution in [0.5, 0.6) is 0 Å². The zero-order valence-corrected chi connectivity index (χ0v) is 8.79. The number of aromatic nitrogens is 2. The Morgan fingerprint density at radius 1 is 1.43 bits per heavy atom. The van der Waals surface area contributed by atoms with Crippen LogP contribution in [-0.2, 0) is 0 Å². The van der Waals surface area contributed by atoms with Gasteiger partial charge in [-0.15, -0.1) is 0 Å². The highest BCUT2D eigenvalue weighted by atomic mass is 16.1. The lowest BCUT2D eigenvalue weighted by Crippen LogP contribution is -2.05. The van der Waals surface area contributed by atoms with E-state index < -0.39 is 0 Å². The van der Waals surface area contributed by atoms with Crippen molar-refractivity contribution in [2.75, 3.05) is 0 Å². The molecule has 3 heteroatoms. The van der Waals surface area contributed by atoms with E-state index in [1.54, 1.807) is 13.0 Å². The van der Waals surface area contributed by atoms with Gasteiger partial charge in [0.15, 0.2) is 5.78 Å². The van der Waals surface area contributed by atoms with Crippen molar-refractivity contribution in [1.82, 2.24) is 10.2 Å². The summed E-state index contributed by atoms with van der Waals surface area (Å²) in [5.74, 6) is 0.0630. The molecule has 0 aliphatic heterocycles. The number of hydrogen-bond acceptors (Lipinski definition) is 3. The van der Waals surface area contributed by atoms with Crippen molar-refractivity contribution in [3.63, 3.8) is 0 Å². The Kier molecular flexibility index (Phi) is 3.12. The number of carbonyl (C=O) groups excluding carboxylic acids is 1. The molecular weight excluding hydrogens is 176 g/mol. The molecule has 0 aliphatic carbocycles. The molecule has 1 heterocycles. The van der Waals surface area contributed by atoms with Gasteiger partial charge in [0.05, 0.1) is 11.4 Å². The minimum atomic E-state index is 0.0630. The van der Waals surface area contributed by atoms with E-state index in [1.165, 1.54) is 0 Å². The normalized spacial score (nSPS) is 9.93. The van der Waals surface area contributed by atoms with Crippen LogP contribution < -0.4 is 0 Å². The topological polar surface area (TPSA) is 42.9 Å². The zero-order chi connectivity index (χ0) is 10.7. The van der Waals surface area contributed by atoms with Gasteiger partial charge in [0.1, 0.15) is 0 Å². The molecule has 0 atom stereocenters. The first kappa shape index (κ1) is 10.6. The number of carbonyl (C=O) groups is 1. The Bertz CT molecular complexity index is 383. The van der Waals surface area contributed by atoms with E-state index in [-0.39, 0.29) is 5.78 Å². The molecule has 0 spiro atoms. The van der Waals surface area contributed by atoms with Crippen molar-refractivity contribution in [3.8, 4) is 0 Å². The third-order valence-electron chi connectivity index (χ3n) is 1.86. The van der Waals surface area contributed by atoms with E-state index in [4.69, 9.17) is 0 Å². The van der Waals surface area contributed by atoms with Crippen molar-refractivity contribution >= 4 is 5.78 Å². The van der Waals surface area contributed by atoms with Gasteiger partial charge < -0.3 is 0 Å². The summed E-state index contributed by atoms with van der Waals surface area (Å²) in [6.45, 7) is 9.17. The largest absolute Gasteiger partial charge is 0.294 e. The van der Waals surface area contributed by atoms with Crippen LogP contribution in [-0.4, -0.2) is 16.0 Å². The summed E-state index contributed by atoms with van der Waals surface area (Å²) in [5, 5.41) is 7.78. The predicted molar refractivity (Wildman–Crippen MR) is 55.3 cm³/mol. The average molecular weight is 190 g/mol. The highest BCUT2D eigenvalue weighted by Crippen LogP contribution is 2.11. The van der Waals surface area contributed by atoms with Crippen LogP contribution in [0.2, 0.25) is 0 Å². The first-order chi connectivity index (χ1) is 6.50. The molecule has 0 aromatic carbocycles. The Labute approximate surface area is 83.9 Å². The second-order valence-corrected chi connectivity index (χ2v) is 3.54. The maximum absolute atomic E-state index is 11.7. The Morgan fingerprint density at radius 3 is 2.64 bits per heavy atom. The quantitative estimate of drug-likeness (QED) is 0.542. The molecule has 0 saturated heterocycles. The summed E-state index contributed by atoms with van der Waals surface area (Å²) < 4.78 is 0. The van der Waals surface area contributed by atoms with Gasteiger partial charge in [-0.1, -0.05) is 12.2 Å². The fraction of sp³-hybridized carbons (Fsp3) is 0.364. The Hall–Kier alpha value is -1.51. The Balaban J connectivity index is 3.00. The maximum atomic E-state index is 11.7. The van der Waals surface area contributed by atoms with Crippen molar-refractivity contribution < 1.29 is 4.79 Å². The summed E-state index contributed by atoms with van der Waals surface area (Å²) in [6, 6.07) is 1.77. The Morgan fingerprint density at radius 2 is 2.07 bits per heavy atom. The molecule has 1 aromatic heterocycles. The highest BCUT2D eigenvalue weighted by molar-refractivity contribution is 5.98. The SMILES string of the molecule is C=C(C)CC(=O)c1cc(C)nnc1C. The molecular formula is C11H14N2O. The number of allylic oxidation sites excluding steroid dienone is 1. The molecule has 1 rings (SSSR count). The molecule has 3 nitrogen and oxygen atoms in total. The van der Waals surface area contributed by atoms with E-state index >= 15 is 0 Å². The lowest BCUT2D eigenvalue weighted by Gasteiger charge is -2.03. The number of ketones is 1. The lowest BCUT2D eigenvalue weighted by atomic mass is 10.0. The summed E-state index contributed by atoms with van der Waals surface area (Å²) in [5.41, 5.74) is 2.96. The smallest absolute Gasteiger partial charge is 0.168 e. The fourth-order valence-corrected chi connectivity index (χ4v) is 1.20. The van der Waals surface area contributed by atoms with Crippen molar-refractivity contribution in [2.24, 2.45) is 0 Å². The van der Waals surface area contributed by atoms with E-state index in [1.807, 2.05) is 13.8 Å². The van der Waals surface area contributed by atoms with Crippen molar-refractivity contribution in [3.05, 3.63) is 35.2 Å². The van der Waals surface area contributed by atoms with Crippen LogP contribution in [0.3, 0.4) is 0 Å². The first-order valence-corrected chi connectivity index (χ1v) is 4.49. The molecule has 1 aromatic rings. The van der Waals surface area contributed by atoms with Gasteiger partial charge in [0.2, 0.25) is 0 Å². The van der Waals surface area contributed by atoms with Gasteiger partial charge in [0, 0.05) is 12.0 Å². The van der Waals surface area contributed by atoms with E-state index in [0.29, 0.717) is 17.7 Å². The molecule has 0 N–H and O–H groups in total. The van der Waals surface area contributed by atoms with Crippen LogP contribution in [0.1, 0.15) is 35.1 Å². The third-order valence-corrected chi connectivity index (χ3v) is 1.86. The van der Waals surface area contributed by atoms with Crippen LogP contribution in [0.15, 0.2) is 18.2 Å². The standard InChI is InChI=1S/C11H14N2O/c1-7(2)5-11(14)10-6-8(3)12-13-9(10)4/h6H,1,5H2,2-4H3. The average Bonchev–Trinajstić information content (AvgIpc) is 2.08. The van der Waals surface area contributed by atoms with Crippen LogP contribution >= 0.6 is 0 Å². The number of hydrogen-bond donors (Lipinski definition) is 0. The first-order valence-electron chi connectivity index (χ1n) is 4.49. The lowest BCUT2D eigenvalue weighted by molar-refractivity contribution is 0.0992. The number of aryl methyl sites for hydroxylation is 2. The zero-order valence-electron chi connectivity index (χ0n) is 8.79. The second kappa shape index (κ2) is 4.13. The number of nitrogens with zero attached hydrogens (tertiary/aromatic N) is 2. The van der Waals surface area contributed by atoms with Crippen molar-refractivity contribution in [1.29, 1.82) is 0 Å². The van der Waals surface area contributed by atoms with Gasteiger partial charge in [-0.25, -0.2) is 0 Å². The number of Topliss-reactive ketones (excluding diaryl/α,β-unsaturated/α-hetero) is 1. The van der Waals surface area contributed by atoms with Gasteiger partial charge in [-0.05, 0) is 26.8 Å². The maximum Gasteiger partial charge on any atom is 0.168 e. The summed E-state index contributed by atoms with van der Waals surface area (Å²) in [6.07, 6.45) is 0.381. The van der Waals surface area contributed by atoms with Crippen LogP contribution in [0, 0.1) is 13.8 Å².